The number of hydrogen-bond acceptors (Lipinski definition) is 4. The Morgan fingerprint density at radius 3 is 3.05 bits per heavy atom. The van der Waals surface area contributed by atoms with Crippen molar-refractivity contribution in [1.82, 2.24) is 15.3 Å². The average Bonchev–Trinajstić information content (AvgIpc) is 2.39. The highest BCUT2D eigenvalue weighted by Crippen LogP contribution is 2.24. The lowest BCUT2D eigenvalue weighted by atomic mass is 9.87. The van der Waals surface area contributed by atoms with E-state index in [0.29, 0.717) is 0 Å². The predicted octanol–water partition coefficient (Wildman–Crippen LogP) is 2.69. The van der Waals surface area contributed by atoms with Crippen LogP contribution in [0.5, 0.6) is 0 Å². The summed E-state index contributed by atoms with van der Waals surface area (Å²) in [7, 11) is 2.03. The van der Waals surface area contributed by atoms with Gasteiger partial charge in [-0.15, -0.1) is 0 Å². The van der Waals surface area contributed by atoms with Gasteiger partial charge in [-0.1, -0.05) is 13.8 Å². The molecule has 0 amide bonds. The molecule has 1 aliphatic carbocycles. The summed E-state index contributed by atoms with van der Waals surface area (Å²) in [4.78, 5) is 9.28. The predicted molar refractivity (Wildman–Crippen MR) is 82.5 cm³/mol. The molecule has 0 saturated carbocycles. The number of nitrogens with zero attached hydrogens (tertiary/aromatic N) is 2. The van der Waals surface area contributed by atoms with Gasteiger partial charge in [0.1, 0.15) is 5.82 Å². The molecule has 0 aliphatic heterocycles. The first-order chi connectivity index (χ1) is 9.19. The van der Waals surface area contributed by atoms with E-state index in [2.05, 4.69) is 30.3 Å². The summed E-state index contributed by atoms with van der Waals surface area (Å²) in [5.41, 5.74) is 2.66. The standard InChI is InChI=1S/C15H25N3S/c1-11(2)9-19-10-15-17-8-13-6-12(7-16-3)4-5-14(13)18-15/h8,11-12,16H,4-7,9-10H2,1-3H3. The van der Waals surface area contributed by atoms with Crippen LogP contribution >= 0.6 is 11.8 Å². The van der Waals surface area contributed by atoms with Gasteiger partial charge in [0.2, 0.25) is 0 Å². The topological polar surface area (TPSA) is 37.8 Å². The average molecular weight is 279 g/mol. The van der Waals surface area contributed by atoms with Gasteiger partial charge in [-0.2, -0.15) is 11.8 Å². The van der Waals surface area contributed by atoms with E-state index in [1.807, 2.05) is 18.8 Å². The molecular weight excluding hydrogens is 254 g/mol. The maximum Gasteiger partial charge on any atom is 0.138 e. The molecule has 3 nitrogen and oxygen atoms in total. The van der Waals surface area contributed by atoms with E-state index in [1.54, 1.807) is 0 Å². The van der Waals surface area contributed by atoms with Gasteiger partial charge in [0.05, 0.1) is 5.75 Å². The molecule has 0 fully saturated rings. The van der Waals surface area contributed by atoms with Crippen molar-refractivity contribution in [2.45, 2.75) is 38.9 Å². The van der Waals surface area contributed by atoms with Crippen molar-refractivity contribution < 1.29 is 0 Å². The van der Waals surface area contributed by atoms with Crippen molar-refractivity contribution in [3.05, 3.63) is 23.3 Å². The molecule has 1 heterocycles. The van der Waals surface area contributed by atoms with Crippen LogP contribution in [-0.2, 0) is 18.6 Å². The Morgan fingerprint density at radius 2 is 2.32 bits per heavy atom. The largest absolute Gasteiger partial charge is 0.319 e. The molecule has 0 spiro atoms. The monoisotopic (exact) mass is 279 g/mol. The maximum atomic E-state index is 4.75. The molecule has 1 aromatic heterocycles. The van der Waals surface area contributed by atoms with Crippen molar-refractivity contribution in [1.29, 1.82) is 0 Å². The van der Waals surface area contributed by atoms with Gasteiger partial charge >= 0.3 is 0 Å². The van der Waals surface area contributed by atoms with Crippen LogP contribution in [0.2, 0.25) is 0 Å². The van der Waals surface area contributed by atoms with Crippen LogP contribution in [0.15, 0.2) is 6.20 Å². The summed E-state index contributed by atoms with van der Waals surface area (Å²) in [6, 6.07) is 0. The molecule has 1 aliphatic rings. The Labute approximate surface area is 121 Å². The molecule has 1 N–H and O–H groups in total. The number of thioether (sulfide) groups is 1. The molecule has 19 heavy (non-hydrogen) atoms. The van der Waals surface area contributed by atoms with Crippen LogP contribution in [0.3, 0.4) is 0 Å². The highest BCUT2D eigenvalue weighted by atomic mass is 32.2. The second-order valence-corrected chi connectivity index (χ2v) is 6.86. The summed E-state index contributed by atoms with van der Waals surface area (Å²) >= 11 is 1.94. The summed E-state index contributed by atoms with van der Waals surface area (Å²) in [5.74, 6) is 4.64. The smallest absolute Gasteiger partial charge is 0.138 e. The molecule has 2 rings (SSSR count). The minimum absolute atomic E-state index is 0.741. The third-order valence-electron chi connectivity index (χ3n) is 3.48. The third kappa shape index (κ3) is 4.46. The summed E-state index contributed by atoms with van der Waals surface area (Å²) in [5, 5.41) is 3.27. The fourth-order valence-corrected chi connectivity index (χ4v) is 3.45. The highest BCUT2D eigenvalue weighted by molar-refractivity contribution is 7.98. The molecule has 0 saturated heterocycles. The Bertz CT molecular complexity index is 406. The number of aryl methyl sites for hydroxylation is 1. The van der Waals surface area contributed by atoms with E-state index in [9.17, 15) is 0 Å². The van der Waals surface area contributed by atoms with Crippen molar-refractivity contribution in [2.24, 2.45) is 11.8 Å². The van der Waals surface area contributed by atoms with Gasteiger partial charge < -0.3 is 5.32 Å². The molecule has 106 valence electrons. The fraction of sp³-hybridized carbons (Fsp3) is 0.733. The molecule has 1 unspecified atom stereocenters. The number of fused-ring (bicyclic) bond motifs is 1. The van der Waals surface area contributed by atoms with Crippen LogP contribution < -0.4 is 5.32 Å². The fourth-order valence-electron chi connectivity index (χ4n) is 2.54. The SMILES string of the molecule is CNCC1CCc2nc(CSCC(C)C)ncc2C1. The molecule has 1 aromatic rings. The second-order valence-electron chi connectivity index (χ2n) is 5.83. The molecule has 1 atom stereocenters. The zero-order chi connectivity index (χ0) is 13.7. The zero-order valence-corrected chi connectivity index (χ0v) is 13.1. The van der Waals surface area contributed by atoms with E-state index in [1.165, 1.54) is 23.4 Å². The summed E-state index contributed by atoms with van der Waals surface area (Å²) < 4.78 is 0. The van der Waals surface area contributed by atoms with Gasteiger partial charge in [-0.25, -0.2) is 9.97 Å². The maximum absolute atomic E-state index is 4.75. The quantitative estimate of drug-likeness (QED) is 0.869. The molecule has 4 heteroatoms. The van der Waals surface area contributed by atoms with E-state index in [-0.39, 0.29) is 0 Å². The summed E-state index contributed by atoms with van der Waals surface area (Å²) in [6.07, 6.45) is 5.57. The Balaban J connectivity index is 1.93. The first-order valence-corrected chi connectivity index (χ1v) is 8.40. The van der Waals surface area contributed by atoms with Gasteiger partial charge in [0.25, 0.3) is 0 Å². The molecule has 0 bridgehead atoms. The van der Waals surface area contributed by atoms with E-state index in [4.69, 9.17) is 4.98 Å². The van der Waals surface area contributed by atoms with Crippen LogP contribution in [0, 0.1) is 11.8 Å². The Hall–Kier alpha value is -0.610. The number of rotatable bonds is 6. The van der Waals surface area contributed by atoms with E-state index >= 15 is 0 Å². The van der Waals surface area contributed by atoms with E-state index in [0.717, 1.165) is 42.8 Å². The zero-order valence-electron chi connectivity index (χ0n) is 12.3. The summed E-state index contributed by atoms with van der Waals surface area (Å²) in [6.45, 7) is 5.61. The van der Waals surface area contributed by atoms with Crippen molar-refractivity contribution >= 4 is 11.8 Å². The van der Waals surface area contributed by atoms with Gasteiger partial charge in [-0.3, -0.25) is 0 Å². The minimum Gasteiger partial charge on any atom is -0.319 e. The van der Waals surface area contributed by atoms with Gasteiger partial charge in [0.15, 0.2) is 0 Å². The van der Waals surface area contributed by atoms with E-state index < -0.39 is 0 Å². The van der Waals surface area contributed by atoms with Gasteiger partial charge in [0, 0.05) is 11.9 Å². The number of aromatic nitrogens is 2. The lowest BCUT2D eigenvalue weighted by Gasteiger charge is -2.23. The first kappa shape index (κ1) is 14.8. The highest BCUT2D eigenvalue weighted by Gasteiger charge is 2.19. The molecule has 0 aromatic carbocycles. The van der Waals surface area contributed by atoms with Crippen molar-refractivity contribution in [2.75, 3.05) is 19.3 Å². The van der Waals surface area contributed by atoms with Crippen LogP contribution in [0.1, 0.15) is 37.4 Å². The van der Waals surface area contributed by atoms with Gasteiger partial charge in [-0.05, 0) is 56.0 Å². The Kier molecular flexibility index (Phi) is 5.64. The van der Waals surface area contributed by atoms with Crippen LogP contribution in [-0.4, -0.2) is 29.3 Å². The minimum atomic E-state index is 0.741. The number of hydrogen-bond donors (Lipinski definition) is 1. The number of nitrogens with one attached hydrogen (secondary N) is 1. The Morgan fingerprint density at radius 1 is 1.47 bits per heavy atom. The third-order valence-corrected chi connectivity index (χ3v) is 4.84. The van der Waals surface area contributed by atoms with Crippen LogP contribution in [0.4, 0.5) is 0 Å². The van der Waals surface area contributed by atoms with Crippen molar-refractivity contribution in [3.63, 3.8) is 0 Å². The normalized spacial score (nSPS) is 18.6. The molecular formula is C15H25N3S. The lowest BCUT2D eigenvalue weighted by molar-refractivity contribution is 0.433. The lowest BCUT2D eigenvalue weighted by Crippen LogP contribution is -2.25. The molecule has 0 radical (unpaired) electrons. The second kappa shape index (κ2) is 7.25. The van der Waals surface area contributed by atoms with Crippen LogP contribution in [0.25, 0.3) is 0 Å². The van der Waals surface area contributed by atoms with Crippen molar-refractivity contribution in [3.8, 4) is 0 Å². The first-order valence-electron chi connectivity index (χ1n) is 7.25.